The van der Waals surface area contributed by atoms with Crippen LogP contribution in [-0.2, 0) is 6.61 Å². The van der Waals surface area contributed by atoms with Gasteiger partial charge in [0.15, 0.2) is 0 Å². The normalized spacial score (nSPS) is 12.7. The number of benzene rings is 2. The van der Waals surface area contributed by atoms with Gasteiger partial charge in [-0.3, -0.25) is 0 Å². The Bertz CT molecular complexity index is 684. The predicted molar refractivity (Wildman–Crippen MR) is 76.3 cm³/mol. The van der Waals surface area contributed by atoms with Gasteiger partial charge in [-0.25, -0.2) is 0 Å². The molecule has 0 N–H and O–H groups in total. The summed E-state index contributed by atoms with van der Waals surface area (Å²) in [5.74, 6) is 1.52. The van der Waals surface area contributed by atoms with Crippen molar-refractivity contribution in [3.8, 4) is 17.6 Å². The first-order valence-corrected chi connectivity index (χ1v) is 6.39. The lowest BCUT2D eigenvalue weighted by Crippen LogP contribution is -2.06. The number of hydrogen-bond acceptors (Lipinski definition) is 3. The Morgan fingerprint density at radius 2 is 2.00 bits per heavy atom. The van der Waals surface area contributed by atoms with Crippen molar-refractivity contribution in [2.75, 3.05) is 6.61 Å². The third-order valence-corrected chi connectivity index (χ3v) is 3.09. The first kappa shape index (κ1) is 12.3. The summed E-state index contributed by atoms with van der Waals surface area (Å²) in [6.07, 6.45) is 1.85. The van der Waals surface area contributed by atoms with Crippen LogP contribution in [0.3, 0.4) is 0 Å². The van der Waals surface area contributed by atoms with E-state index in [-0.39, 0.29) is 0 Å². The summed E-state index contributed by atoms with van der Waals surface area (Å²) in [5, 5.41) is 8.86. The zero-order valence-corrected chi connectivity index (χ0v) is 10.9. The largest absolute Gasteiger partial charge is 0.489 e. The molecule has 2 aromatic carbocycles. The molecule has 3 heteroatoms. The van der Waals surface area contributed by atoms with Gasteiger partial charge in [-0.05, 0) is 23.8 Å². The number of fused-ring (bicyclic) bond motifs is 1. The van der Waals surface area contributed by atoms with Crippen molar-refractivity contribution in [3.05, 3.63) is 65.2 Å². The molecule has 0 fully saturated rings. The number of nitrogens with zero attached hydrogens (tertiary/aromatic N) is 1. The number of rotatable bonds is 3. The van der Waals surface area contributed by atoms with Gasteiger partial charge in [0, 0.05) is 11.6 Å². The molecule has 1 aliphatic rings. The lowest BCUT2D eigenvalue weighted by molar-refractivity contribution is 0.300. The fourth-order valence-corrected chi connectivity index (χ4v) is 2.04. The monoisotopic (exact) mass is 263 g/mol. The minimum Gasteiger partial charge on any atom is -0.489 e. The molecular formula is C17H13NO2. The van der Waals surface area contributed by atoms with Crippen LogP contribution in [0, 0.1) is 11.3 Å². The van der Waals surface area contributed by atoms with Crippen LogP contribution < -0.4 is 9.47 Å². The highest BCUT2D eigenvalue weighted by atomic mass is 16.5. The van der Waals surface area contributed by atoms with Gasteiger partial charge in [0.2, 0.25) is 0 Å². The summed E-state index contributed by atoms with van der Waals surface area (Å²) in [7, 11) is 0. The van der Waals surface area contributed by atoms with Gasteiger partial charge in [0.1, 0.15) is 24.7 Å². The molecule has 0 aliphatic carbocycles. The molecule has 0 aromatic heterocycles. The van der Waals surface area contributed by atoms with Crippen LogP contribution in [0.25, 0.3) is 6.08 Å². The summed E-state index contributed by atoms with van der Waals surface area (Å²) < 4.78 is 11.3. The zero-order chi connectivity index (χ0) is 13.8. The highest BCUT2D eigenvalue weighted by Gasteiger charge is 2.12. The maximum atomic E-state index is 8.86. The molecule has 0 bridgehead atoms. The molecule has 0 saturated carbocycles. The summed E-state index contributed by atoms with van der Waals surface area (Å²) >= 11 is 0. The Morgan fingerprint density at radius 1 is 1.15 bits per heavy atom. The highest BCUT2D eigenvalue weighted by molar-refractivity contribution is 5.66. The van der Waals surface area contributed by atoms with E-state index in [0.717, 1.165) is 22.6 Å². The standard InChI is InChI=1S/C17H13NO2/c18-10-14-8-15-6-7-16(9-17(15)20-12-14)19-11-13-4-2-1-3-5-13/h1-9H,11-12H2. The first-order chi connectivity index (χ1) is 9.85. The lowest BCUT2D eigenvalue weighted by atomic mass is 10.1. The molecule has 0 spiro atoms. The maximum absolute atomic E-state index is 8.86. The Balaban J connectivity index is 1.74. The van der Waals surface area contributed by atoms with E-state index in [0.29, 0.717) is 18.8 Å². The minimum atomic E-state index is 0.325. The first-order valence-electron chi connectivity index (χ1n) is 6.39. The van der Waals surface area contributed by atoms with Crippen molar-refractivity contribution < 1.29 is 9.47 Å². The summed E-state index contributed by atoms with van der Waals surface area (Å²) in [6, 6.07) is 17.8. The molecule has 0 atom stereocenters. The van der Waals surface area contributed by atoms with Crippen LogP contribution in [0.5, 0.6) is 11.5 Å². The summed E-state index contributed by atoms with van der Waals surface area (Å²) in [5.41, 5.74) is 2.67. The van der Waals surface area contributed by atoms with Crippen LogP contribution in [0.2, 0.25) is 0 Å². The van der Waals surface area contributed by atoms with E-state index >= 15 is 0 Å². The summed E-state index contributed by atoms with van der Waals surface area (Å²) in [4.78, 5) is 0. The van der Waals surface area contributed by atoms with E-state index in [4.69, 9.17) is 14.7 Å². The molecule has 1 aliphatic heterocycles. The van der Waals surface area contributed by atoms with E-state index < -0.39 is 0 Å². The molecule has 0 saturated heterocycles. The predicted octanol–water partition coefficient (Wildman–Crippen LogP) is 3.56. The van der Waals surface area contributed by atoms with E-state index in [1.165, 1.54) is 0 Å². The highest BCUT2D eigenvalue weighted by Crippen LogP contribution is 2.30. The van der Waals surface area contributed by atoms with Crippen LogP contribution in [0.4, 0.5) is 0 Å². The molecule has 20 heavy (non-hydrogen) atoms. The average Bonchev–Trinajstić information content (AvgIpc) is 2.53. The fraction of sp³-hybridized carbons (Fsp3) is 0.118. The van der Waals surface area contributed by atoms with Gasteiger partial charge in [0.25, 0.3) is 0 Å². The van der Waals surface area contributed by atoms with Crippen molar-refractivity contribution >= 4 is 6.08 Å². The zero-order valence-electron chi connectivity index (χ0n) is 10.9. The van der Waals surface area contributed by atoms with Crippen molar-refractivity contribution in [1.29, 1.82) is 5.26 Å². The number of nitriles is 1. The number of ether oxygens (including phenoxy) is 2. The molecular weight excluding hydrogens is 250 g/mol. The average molecular weight is 263 g/mol. The Morgan fingerprint density at radius 3 is 2.80 bits per heavy atom. The molecule has 0 unspecified atom stereocenters. The second kappa shape index (κ2) is 5.50. The molecule has 0 radical (unpaired) electrons. The second-order valence-electron chi connectivity index (χ2n) is 4.54. The van der Waals surface area contributed by atoms with Crippen molar-refractivity contribution in [2.24, 2.45) is 0 Å². The lowest BCUT2D eigenvalue weighted by Gasteiger charge is -2.16. The quantitative estimate of drug-likeness (QED) is 0.850. The van der Waals surface area contributed by atoms with Gasteiger partial charge in [0.05, 0.1) is 11.6 Å². The third-order valence-electron chi connectivity index (χ3n) is 3.09. The van der Waals surface area contributed by atoms with Crippen LogP contribution in [0.1, 0.15) is 11.1 Å². The van der Waals surface area contributed by atoms with Gasteiger partial charge in [-0.2, -0.15) is 5.26 Å². The van der Waals surface area contributed by atoms with Crippen molar-refractivity contribution in [2.45, 2.75) is 6.61 Å². The minimum absolute atomic E-state index is 0.325. The Kier molecular flexibility index (Phi) is 3.38. The molecule has 1 heterocycles. The van der Waals surface area contributed by atoms with E-state index in [1.807, 2.05) is 54.6 Å². The number of hydrogen-bond donors (Lipinski definition) is 0. The Hall–Kier alpha value is -2.73. The van der Waals surface area contributed by atoms with Crippen molar-refractivity contribution in [3.63, 3.8) is 0 Å². The van der Waals surface area contributed by atoms with E-state index in [1.54, 1.807) is 0 Å². The van der Waals surface area contributed by atoms with E-state index in [9.17, 15) is 0 Å². The molecule has 2 aromatic rings. The third kappa shape index (κ3) is 2.65. The van der Waals surface area contributed by atoms with Gasteiger partial charge < -0.3 is 9.47 Å². The van der Waals surface area contributed by atoms with Gasteiger partial charge in [-0.15, -0.1) is 0 Å². The van der Waals surface area contributed by atoms with Crippen molar-refractivity contribution in [1.82, 2.24) is 0 Å². The van der Waals surface area contributed by atoms with Crippen LogP contribution >= 0.6 is 0 Å². The molecule has 3 nitrogen and oxygen atoms in total. The fourth-order valence-electron chi connectivity index (χ4n) is 2.04. The maximum Gasteiger partial charge on any atom is 0.130 e. The van der Waals surface area contributed by atoms with E-state index in [2.05, 4.69) is 6.07 Å². The molecule has 3 rings (SSSR count). The second-order valence-corrected chi connectivity index (χ2v) is 4.54. The SMILES string of the molecule is N#CC1=Cc2ccc(OCc3ccccc3)cc2OC1. The molecule has 98 valence electrons. The topological polar surface area (TPSA) is 42.2 Å². The molecule has 0 amide bonds. The van der Waals surface area contributed by atoms with Gasteiger partial charge in [-0.1, -0.05) is 30.3 Å². The van der Waals surface area contributed by atoms with Gasteiger partial charge >= 0.3 is 0 Å². The van der Waals surface area contributed by atoms with Crippen LogP contribution in [-0.4, -0.2) is 6.61 Å². The smallest absolute Gasteiger partial charge is 0.130 e. The Labute approximate surface area is 117 Å². The van der Waals surface area contributed by atoms with Crippen LogP contribution in [0.15, 0.2) is 54.1 Å². The summed E-state index contributed by atoms with van der Waals surface area (Å²) in [6.45, 7) is 0.852.